The van der Waals surface area contributed by atoms with Crippen LogP contribution in [0.5, 0.6) is 0 Å². The van der Waals surface area contributed by atoms with E-state index >= 15 is 4.39 Å². The highest BCUT2D eigenvalue weighted by atomic mass is 32.2. The first kappa shape index (κ1) is 75.5. The Morgan fingerprint density at radius 1 is 0.722 bits per heavy atom. The molecule has 4 rings (SSSR count). The summed E-state index contributed by atoms with van der Waals surface area (Å²) in [5.41, 5.74) is 4.62. The van der Waals surface area contributed by atoms with Crippen molar-refractivity contribution in [3.63, 3.8) is 0 Å². The second-order valence-electron chi connectivity index (χ2n) is 23.8. The molecule has 0 saturated carbocycles. The predicted molar refractivity (Wildman–Crippen MR) is 318 cm³/mol. The Labute approximate surface area is 521 Å². The Morgan fingerprint density at radius 2 is 1.30 bits per heavy atom. The van der Waals surface area contributed by atoms with Gasteiger partial charge in [-0.3, -0.25) is 52.8 Å². The van der Waals surface area contributed by atoms with E-state index in [1.54, 1.807) is 58.7 Å². The summed E-state index contributed by atoms with van der Waals surface area (Å²) in [4.78, 5) is 154. The SMILES string of the molecule is CC(NC(=O)CN1C(=O)C=CC1=O)C(=O)NC(C)C(=O)NC(CC(N)=O)C(=O)NCCCN(C(=O)CSCCC(=O)NC(CC(=O)OC(C)(C)C)C(=O)OC(C)(C)C)C(c1cc(-c2cc(F)ccc2F)cn1Cc1ccccc1)C(C)(C)C.O=C(O)C(F)(F)F. The average molecular weight is 1290 g/mol. The number of alkyl halides is 3. The summed E-state index contributed by atoms with van der Waals surface area (Å²) in [7, 11) is 0. The van der Waals surface area contributed by atoms with Gasteiger partial charge in [-0.1, -0.05) is 51.1 Å². The molecule has 0 aliphatic carbocycles. The average Bonchev–Trinajstić information content (AvgIpc) is 1.69. The molecule has 0 bridgehead atoms. The van der Waals surface area contributed by atoms with Crippen LogP contribution in [0, 0.1) is 17.0 Å². The minimum absolute atomic E-state index is 0.0155. The number of hydrogen-bond acceptors (Lipinski definition) is 15. The van der Waals surface area contributed by atoms with Gasteiger partial charge in [0.15, 0.2) is 0 Å². The highest BCUT2D eigenvalue weighted by Gasteiger charge is 2.40. The molecule has 2 heterocycles. The molecule has 1 aliphatic heterocycles. The minimum atomic E-state index is -5.08. The molecule has 0 spiro atoms. The van der Waals surface area contributed by atoms with Crippen molar-refractivity contribution in [3.05, 3.63) is 95.8 Å². The van der Waals surface area contributed by atoms with Crippen LogP contribution < -0.4 is 32.3 Å². The van der Waals surface area contributed by atoms with Crippen LogP contribution in [0.2, 0.25) is 0 Å². The number of esters is 2. The molecular formula is C60H78F5N9O15S. The van der Waals surface area contributed by atoms with E-state index in [1.807, 2.05) is 55.7 Å². The number of nitrogens with one attached hydrogen (secondary N) is 5. The van der Waals surface area contributed by atoms with Crippen molar-refractivity contribution >= 4 is 82.8 Å². The van der Waals surface area contributed by atoms with Gasteiger partial charge < -0.3 is 56.4 Å². The maximum atomic E-state index is 15.5. The number of carboxylic acid groups (broad SMARTS) is 1. The number of thioether (sulfide) groups is 1. The van der Waals surface area contributed by atoms with Gasteiger partial charge in [0.05, 0.1) is 24.6 Å². The summed E-state index contributed by atoms with van der Waals surface area (Å²) in [5, 5.41) is 19.5. The molecule has 494 valence electrons. The Morgan fingerprint density at radius 3 is 1.86 bits per heavy atom. The third kappa shape index (κ3) is 25.8. The van der Waals surface area contributed by atoms with E-state index in [-0.39, 0.29) is 49.5 Å². The summed E-state index contributed by atoms with van der Waals surface area (Å²) in [5.74, 6) is -12.6. The fourth-order valence-corrected chi connectivity index (χ4v) is 9.39. The van der Waals surface area contributed by atoms with Crippen LogP contribution in [0.25, 0.3) is 11.1 Å². The molecule has 0 saturated heterocycles. The number of carbonyl (C=O) groups is 12. The van der Waals surface area contributed by atoms with Gasteiger partial charge in [-0.2, -0.15) is 24.9 Å². The number of primary amides is 1. The number of nitrogens with zero attached hydrogens (tertiary/aromatic N) is 3. The zero-order chi connectivity index (χ0) is 68.2. The number of ether oxygens (including phenoxy) is 2. The molecule has 1 aromatic heterocycles. The van der Waals surface area contributed by atoms with Crippen molar-refractivity contribution in [3.8, 4) is 11.1 Å². The molecule has 5 atom stereocenters. The molecule has 8 N–H and O–H groups in total. The Hall–Kier alpha value is -8.70. The molecular weight excluding hydrogens is 1210 g/mol. The van der Waals surface area contributed by atoms with E-state index in [0.29, 0.717) is 16.2 Å². The monoisotopic (exact) mass is 1290 g/mol. The highest BCUT2D eigenvalue weighted by molar-refractivity contribution is 7.99. The molecule has 2 aromatic carbocycles. The number of aromatic nitrogens is 1. The number of imide groups is 1. The van der Waals surface area contributed by atoms with Crippen molar-refractivity contribution in [2.45, 2.75) is 156 Å². The number of benzene rings is 2. The first-order valence-electron chi connectivity index (χ1n) is 28.2. The van der Waals surface area contributed by atoms with E-state index in [0.717, 1.165) is 47.7 Å². The lowest BCUT2D eigenvalue weighted by atomic mass is 9.83. The number of amides is 9. The largest absolute Gasteiger partial charge is 0.490 e. The van der Waals surface area contributed by atoms with Crippen LogP contribution in [0.1, 0.15) is 119 Å². The number of hydrogen-bond donors (Lipinski definition) is 7. The van der Waals surface area contributed by atoms with Gasteiger partial charge in [0.25, 0.3) is 11.8 Å². The van der Waals surface area contributed by atoms with Gasteiger partial charge in [-0.25, -0.2) is 18.4 Å². The van der Waals surface area contributed by atoms with Crippen LogP contribution in [0.3, 0.4) is 0 Å². The zero-order valence-electron chi connectivity index (χ0n) is 51.8. The Kier molecular flexibility index (Phi) is 27.9. The van der Waals surface area contributed by atoms with Gasteiger partial charge in [-0.05, 0) is 97.1 Å². The lowest BCUT2D eigenvalue weighted by Crippen LogP contribution is -2.56. The van der Waals surface area contributed by atoms with Crippen LogP contribution in [0.15, 0.2) is 72.9 Å². The van der Waals surface area contributed by atoms with E-state index in [2.05, 4.69) is 26.6 Å². The topological polar surface area (TPSA) is 341 Å². The summed E-state index contributed by atoms with van der Waals surface area (Å²) in [6, 6.07) is 7.88. The number of aliphatic carboxylic acids is 1. The number of carbonyl (C=O) groups excluding carboxylic acids is 11. The summed E-state index contributed by atoms with van der Waals surface area (Å²) in [6.07, 6.45) is -2.66. The van der Waals surface area contributed by atoms with Crippen LogP contribution in [-0.4, -0.2) is 163 Å². The molecule has 5 unspecified atom stereocenters. The summed E-state index contributed by atoms with van der Waals surface area (Å²) < 4.78 is 74.7. The maximum absolute atomic E-state index is 15.5. The molecule has 90 heavy (non-hydrogen) atoms. The smallest absolute Gasteiger partial charge is 0.475 e. The van der Waals surface area contributed by atoms with Gasteiger partial charge >= 0.3 is 24.1 Å². The number of nitrogens with two attached hydrogens (primary N) is 1. The fourth-order valence-electron chi connectivity index (χ4n) is 8.58. The second-order valence-corrected chi connectivity index (χ2v) is 24.9. The van der Waals surface area contributed by atoms with Crippen LogP contribution in [0.4, 0.5) is 22.0 Å². The maximum Gasteiger partial charge on any atom is 0.490 e. The van der Waals surface area contributed by atoms with Gasteiger partial charge in [0, 0.05) is 67.0 Å². The third-order valence-electron chi connectivity index (χ3n) is 12.5. The van der Waals surface area contributed by atoms with Crippen molar-refractivity contribution < 1.29 is 94.1 Å². The van der Waals surface area contributed by atoms with Crippen LogP contribution >= 0.6 is 11.8 Å². The molecule has 30 heteroatoms. The van der Waals surface area contributed by atoms with E-state index < -0.39 is 155 Å². The summed E-state index contributed by atoms with van der Waals surface area (Å²) >= 11 is 1.11. The number of carboxylic acids is 1. The number of rotatable bonds is 28. The van der Waals surface area contributed by atoms with E-state index in [9.17, 15) is 70.3 Å². The summed E-state index contributed by atoms with van der Waals surface area (Å²) in [6.45, 7) is 17.6. The fraction of sp³-hybridized carbons (Fsp3) is 0.500. The van der Waals surface area contributed by atoms with Crippen molar-refractivity contribution in [2.24, 2.45) is 11.1 Å². The lowest BCUT2D eigenvalue weighted by Gasteiger charge is -2.41. The zero-order valence-corrected chi connectivity index (χ0v) is 52.6. The molecule has 9 amide bonds. The molecule has 1 aliphatic rings. The predicted octanol–water partition coefficient (Wildman–Crippen LogP) is 4.51. The van der Waals surface area contributed by atoms with Crippen molar-refractivity contribution in [2.75, 3.05) is 31.1 Å². The molecule has 24 nitrogen and oxygen atoms in total. The third-order valence-corrected chi connectivity index (χ3v) is 13.4. The van der Waals surface area contributed by atoms with E-state index in [1.165, 1.54) is 13.8 Å². The van der Waals surface area contributed by atoms with Gasteiger partial charge in [-0.15, -0.1) is 0 Å². The normalized spacial score (nSPS) is 14.1. The first-order chi connectivity index (χ1) is 41.6. The van der Waals surface area contributed by atoms with Gasteiger partial charge in [0.2, 0.25) is 41.4 Å². The second kappa shape index (κ2) is 33.2. The molecule has 3 aromatic rings. The lowest BCUT2D eigenvalue weighted by molar-refractivity contribution is -0.192. The Bertz CT molecular complexity index is 3120. The van der Waals surface area contributed by atoms with E-state index in [4.69, 9.17) is 25.1 Å². The first-order valence-corrected chi connectivity index (χ1v) is 29.3. The van der Waals surface area contributed by atoms with Crippen LogP contribution in [-0.2, 0) is 73.6 Å². The highest BCUT2D eigenvalue weighted by Crippen LogP contribution is 2.41. The van der Waals surface area contributed by atoms with Gasteiger partial charge in [0.1, 0.15) is 53.5 Å². The standard InChI is InChI=1S/C58H77F2N9O13S.C2HF3O2/c1-34(63-46(72)32-69-47(73)20-21-48(69)74)52(77)64-35(2)53(78)66-41(28-44(61)70)54(79)62-23-15-24-68(49(75)33-83-25-22-45(71)65-42(55(80)82-58(9,10)11)29-50(76)81-57(6,7)8)51(56(3,4)5)43-26-37(39-27-38(59)18-19-40(39)60)31-67(43)30-36-16-13-12-14-17-36;3-2(4,5)1(6)7/h12-14,16-21,26-27,31,34-35,41-42,51H,15,22-25,28-30,32-33H2,1-11H3,(H2,61,70)(H,62,79)(H,63,72)(H,64,77)(H,65,71)(H,66,78);(H,6,7). The molecule has 0 fully saturated rings. The quantitative estimate of drug-likeness (QED) is 0.0228. The van der Waals surface area contributed by atoms with Crippen molar-refractivity contribution in [1.29, 1.82) is 0 Å². The minimum Gasteiger partial charge on any atom is -0.475 e. The molecule has 0 radical (unpaired) electrons. The van der Waals surface area contributed by atoms with Crippen molar-refractivity contribution in [1.82, 2.24) is 41.0 Å². The number of halogens is 5. The Balaban J connectivity index is 0.00000284.